The van der Waals surface area contributed by atoms with Gasteiger partial charge < -0.3 is 4.74 Å². The molecule has 0 saturated heterocycles. The maximum Gasteiger partial charge on any atom is 0.317 e. The Labute approximate surface area is 89.3 Å². The molecule has 1 rings (SSSR count). The van der Waals surface area contributed by atoms with Gasteiger partial charge in [0.1, 0.15) is 5.41 Å². The van der Waals surface area contributed by atoms with E-state index in [9.17, 15) is 4.79 Å². The van der Waals surface area contributed by atoms with E-state index >= 15 is 0 Å². The molecule has 13 heavy (non-hydrogen) atoms. The van der Waals surface area contributed by atoms with Crippen LogP contribution < -0.4 is 0 Å². The second-order valence-electron chi connectivity index (χ2n) is 3.10. The van der Waals surface area contributed by atoms with Crippen LogP contribution in [-0.4, -0.2) is 18.1 Å². The number of aromatic nitrogens is 1. The fraction of sp³-hybridized carbons (Fsp3) is 0.500. The molecule has 0 amide bonds. The Balaban J connectivity index is 2.99. The largest absolute Gasteiger partial charge is 0.468 e. The van der Waals surface area contributed by atoms with Crippen LogP contribution in [0.5, 0.6) is 0 Å². The van der Waals surface area contributed by atoms with Gasteiger partial charge in [0.25, 0.3) is 0 Å². The summed E-state index contributed by atoms with van der Waals surface area (Å²) < 4.78 is 5.47. The smallest absolute Gasteiger partial charge is 0.317 e. The van der Waals surface area contributed by atoms with Crippen LogP contribution in [0.1, 0.15) is 19.5 Å². The molecule has 0 bridgehead atoms. The number of hydrogen-bond donors (Lipinski definition) is 0. The molecule has 0 radical (unpaired) electrons. The standard InChI is InChI=1S/C8H10BrNO2S/c1-8(2,6(11)12-3)5-4-13-7(9)10-5/h4H,1-3H3. The molecule has 5 heteroatoms. The number of ether oxygens (including phenoxy) is 1. The van der Waals surface area contributed by atoms with Gasteiger partial charge in [-0.05, 0) is 29.8 Å². The molecule has 0 aromatic carbocycles. The van der Waals surface area contributed by atoms with E-state index in [1.54, 1.807) is 13.8 Å². The van der Waals surface area contributed by atoms with Crippen molar-refractivity contribution in [1.82, 2.24) is 4.98 Å². The third kappa shape index (κ3) is 2.08. The van der Waals surface area contributed by atoms with Crippen molar-refractivity contribution in [2.75, 3.05) is 7.11 Å². The summed E-state index contributed by atoms with van der Waals surface area (Å²) in [6.07, 6.45) is 0. The first-order chi connectivity index (χ1) is 5.98. The van der Waals surface area contributed by atoms with E-state index in [4.69, 9.17) is 0 Å². The van der Waals surface area contributed by atoms with Crippen LogP contribution in [0.2, 0.25) is 0 Å². The van der Waals surface area contributed by atoms with E-state index in [2.05, 4.69) is 25.7 Å². The maximum atomic E-state index is 11.4. The van der Waals surface area contributed by atoms with Crippen molar-refractivity contribution in [3.05, 3.63) is 15.0 Å². The van der Waals surface area contributed by atoms with E-state index in [0.717, 1.165) is 9.61 Å². The molecular formula is C8H10BrNO2S. The van der Waals surface area contributed by atoms with Crippen LogP contribution in [-0.2, 0) is 14.9 Å². The zero-order valence-corrected chi connectivity index (χ0v) is 10.0. The zero-order valence-electron chi connectivity index (χ0n) is 7.63. The lowest BCUT2D eigenvalue weighted by Crippen LogP contribution is -2.30. The lowest BCUT2D eigenvalue weighted by Gasteiger charge is -2.18. The third-order valence-electron chi connectivity index (χ3n) is 1.81. The number of carbonyl (C=O) groups excluding carboxylic acids is 1. The number of esters is 1. The van der Waals surface area contributed by atoms with Crippen molar-refractivity contribution < 1.29 is 9.53 Å². The summed E-state index contributed by atoms with van der Waals surface area (Å²) in [4.78, 5) is 15.6. The summed E-state index contributed by atoms with van der Waals surface area (Å²) in [7, 11) is 1.38. The van der Waals surface area contributed by atoms with Gasteiger partial charge in [0.15, 0.2) is 3.92 Å². The molecule has 72 valence electrons. The Morgan fingerprint density at radius 1 is 1.69 bits per heavy atom. The van der Waals surface area contributed by atoms with Crippen LogP contribution in [0.3, 0.4) is 0 Å². The van der Waals surface area contributed by atoms with Crippen molar-refractivity contribution in [3.63, 3.8) is 0 Å². The molecule has 0 atom stereocenters. The molecule has 1 aromatic rings. The molecule has 0 N–H and O–H groups in total. The molecule has 0 saturated carbocycles. The first-order valence-electron chi connectivity index (χ1n) is 3.68. The predicted octanol–water partition coefficient (Wildman–Crippen LogP) is 2.36. The molecule has 0 fully saturated rings. The van der Waals surface area contributed by atoms with Crippen molar-refractivity contribution in [2.45, 2.75) is 19.3 Å². The molecule has 0 aliphatic heterocycles. The first-order valence-corrected chi connectivity index (χ1v) is 5.35. The fourth-order valence-corrected chi connectivity index (χ4v) is 2.08. The average molecular weight is 264 g/mol. The molecule has 0 spiro atoms. The van der Waals surface area contributed by atoms with Crippen LogP contribution in [0.4, 0.5) is 0 Å². The fourth-order valence-electron chi connectivity index (χ4n) is 0.899. The monoisotopic (exact) mass is 263 g/mol. The summed E-state index contributed by atoms with van der Waals surface area (Å²) in [5, 5.41) is 1.85. The Bertz CT molecular complexity index is 322. The quantitative estimate of drug-likeness (QED) is 0.770. The van der Waals surface area contributed by atoms with E-state index in [-0.39, 0.29) is 5.97 Å². The van der Waals surface area contributed by atoms with Crippen molar-refractivity contribution in [1.29, 1.82) is 0 Å². The second-order valence-corrected chi connectivity index (χ2v) is 5.24. The summed E-state index contributed by atoms with van der Waals surface area (Å²) in [6.45, 7) is 3.58. The molecule has 1 aromatic heterocycles. The van der Waals surface area contributed by atoms with E-state index < -0.39 is 5.41 Å². The van der Waals surface area contributed by atoms with Gasteiger partial charge >= 0.3 is 5.97 Å². The molecule has 1 heterocycles. The first kappa shape index (κ1) is 10.7. The predicted molar refractivity (Wildman–Crippen MR) is 54.9 cm³/mol. The van der Waals surface area contributed by atoms with Crippen LogP contribution in [0.15, 0.2) is 9.30 Å². The van der Waals surface area contributed by atoms with Crippen molar-refractivity contribution in [3.8, 4) is 0 Å². The van der Waals surface area contributed by atoms with Crippen LogP contribution in [0, 0.1) is 0 Å². The number of nitrogens with zero attached hydrogens (tertiary/aromatic N) is 1. The van der Waals surface area contributed by atoms with Crippen LogP contribution in [0.25, 0.3) is 0 Å². The number of halogens is 1. The molecule has 0 aliphatic carbocycles. The maximum absolute atomic E-state index is 11.4. The van der Waals surface area contributed by atoms with Gasteiger partial charge in [-0.3, -0.25) is 4.79 Å². The van der Waals surface area contributed by atoms with Gasteiger partial charge in [-0.2, -0.15) is 0 Å². The molecule has 3 nitrogen and oxygen atoms in total. The normalized spacial score (nSPS) is 11.4. The minimum Gasteiger partial charge on any atom is -0.468 e. The van der Waals surface area contributed by atoms with E-state index in [0.29, 0.717) is 0 Å². The molecular weight excluding hydrogens is 254 g/mol. The average Bonchev–Trinajstić information content (AvgIpc) is 2.50. The summed E-state index contributed by atoms with van der Waals surface area (Å²) >= 11 is 4.71. The highest BCUT2D eigenvalue weighted by atomic mass is 79.9. The highest BCUT2D eigenvalue weighted by Crippen LogP contribution is 2.27. The highest BCUT2D eigenvalue weighted by Gasteiger charge is 2.33. The van der Waals surface area contributed by atoms with Gasteiger partial charge in [0.2, 0.25) is 0 Å². The highest BCUT2D eigenvalue weighted by molar-refractivity contribution is 9.11. The van der Waals surface area contributed by atoms with Gasteiger partial charge in [-0.25, -0.2) is 4.98 Å². The van der Waals surface area contributed by atoms with Crippen molar-refractivity contribution >= 4 is 33.2 Å². The van der Waals surface area contributed by atoms with Gasteiger partial charge in [0.05, 0.1) is 12.8 Å². The van der Waals surface area contributed by atoms with Gasteiger partial charge in [0, 0.05) is 5.38 Å². The van der Waals surface area contributed by atoms with E-state index in [1.165, 1.54) is 18.4 Å². The SMILES string of the molecule is COC(=O)C(C)(C)c1csc(Br)n1. The second kappa shape index (κ2) is 3.75. The minimum absolute atomic E-state index is 0.273. The number of thiazole rings is 1. The lowest BCUT2D eigenvalue weighted by molar-refractivity contribution is -0.146. The van der Waals surface area contributed by atoms with Crippen molar-refractivity contribution in [2.24, 2.45) is 0 Å². The Morgan fingerprint density at radius 2 is 2.31 bits per heavy atom. The Kier molecular flexibility index (Phi) is 3.08. The molecule has 0 aliphatic rings. The van der Waals surface area contributed by atoms with Gasteiger partial charge in [-0.1, -0.05) is 0 Å². The minimum atomic E-state index is -0.669. The number of hydrogen-bond acceptors (Lipinski definition) is 4. The Hall–Kier alpha value is -0.420. The number of carbonyl (C=O) groups is 1. The van der Waals surface area contributed by atoms with E-state index in [1.807, 2.05) is 5.38 Å². The third-order valence-corrected chi connectivity index (χ3v) is 3.18. The summed E-state index contributed by atoms with van der Waals surface area (Å²) in [6, 6.07) is 0. The molecule has 0 unspecified atom stereocenters. The summed E-state index contributed by atoms with van der Waals surface area (Å²) in [5.74, 6) is -0.273. The van der Waals surface area contributed by atoms with Crippen LogP contribution >= 0.6 is 27.3 Å². The summed E-state index contributed by atoms with van der Waals surface area (Å²) in [5.41, 5.74) is 0.0632. The topological polar surface area (TPSA) is 39.2 Å². The number of rotatable bonds is 2. The Morgan fingerprint density at radius 3 is 2.69 bits per heavy atom. The van der Waals surface area contributed by atoms with Gasteiger partial charge in [-0.15, -0.1) is 11.3 Å². The zero-order chi connectivity index (χ0) is 10.1. The number of methoxy groups -OCH3 is 1. The lowest BCUT2D eigenvalue weighted by atomic mass is 9.90.